The van der Waals surface area contributed by atoms with Crippen LogP contribution in [0.1, 0.15) is 20.8 Å². The molecule has 4 nitrogen and oxygen atoms in total. The van der Waals surface area contributed by atoms with Crippen LogP contribution in [0.3, 0.4) is 0 Å². The summed E-state index contributed by atoms with van der Waals surface area (Å²) in [6.45, 7) is 11.7. The van der Waals surface area contributed by atoms with Gasteiger partial charge >= 0.3 is 5.97 Å². The molecule has 0 aliphatic heterocycles. The van der Waals surface area contributed by atoms with Crippen LogP contribution in [0.4, 0.5) is 0 Å². The maximum atomic E-state index is 12.8. The molecule has 0 N–H and O–H groups in total. The van der Waals surface area contributed by atoms with Crippen molar-refractivity contribution in [2.24, 2.45) is 5.41 Å². The zero-order valence-electron chi connectivity index (χ0n) is 14.1. The van der Waals surface area contributed by atoms with Crippen molar-refractivity contribution >= 4 is 30.1 Å². The van der Waals surface area contributed by atoms with E-state index in [1.165, 1.54) is 4.73 Å². The van der Waals surface area contributed by atoms with E-state index < -0.39 is 19.5 Å². The Labute approximate surface area is 131 Å². The Morgan fingerprint density at radius 1 is 1.14 bits per heavy atom. The van der Waals surface area contributed by atoms with Crippen LogP contribution in [-0.4, -0.2) is 18.8 Å². The van der Waals surface area contributed by atoms with Gasteiger partial charge in [0.2, 0.25) is 0 Å². The van der Waals surface area contributed by atoms with Crippen LogP contribution in [-0.2, 0) is 4.79 Å². The maximum absolute atomic E-state index is 12.8. The van der Waals surface area contributed by atoms with Gasteiger partial charge in [-0.05, 0) is 38.3 Å². The average Bonchev–Trinajstić information content (AvgIpc) is 2.39. The van der Waals surface area contributed by atoms with Gasteiger partial charge in [-0.2, -0.15) is 0 Å². The first kappa shape index (κ1) is 16.5. The Morgan fingerprint density at radius 3 is 2.27 bits per heavy atom. The van der Waals surface area contributed by atoms with Crippen molar-refractivity contribution in [1.29, 1.82) is 0 Å². The number of nitrogens with zero attached hydrogens (tertiary/aromatic N) is 1. The molecule has 0 aliphatic rings. The number of carbonyl (C=O) groups is 1. The number of pyridine rings is 1. The third-order valence-electron chi connectivity index (χ3n) is 3.44. The lowest BCUT2D eigenvalue weighted by atomic mass is 9.98. The van der Waals surface area contributed by atoms with E-state index in [1.54, 1.807) is 26.8 Å². The number of fused-ring (bicyclic) bond motifs is 1. The molecule has 118 valence electrons. The molecule has 0 radical (unpaired) electrons. The molecular formula is C17H23NO3Si. The van der Waals surface area contributed by atoms with Gasteiger partial charge in [-0.3, -0.25) is 4.79 Å². The van der Waals surface area contributed by atoms with Crippen LogP contribution in [0.25, 0.3) is 10.8 Å². The predicted octanol–water partition coefficient (Wildman–Crippen LogP) is 2.55. The van der Waals surface area contributed by atoms with Gasteiger partial charge < -0.3 is 4.84 Å². The lowest BCUT2D eigenvalue weighted by molar-refractivity contribution is -0.153. The van der Waals surface area contributed by atoms with Crippen LogP contribution in [0, 0.1) is 5.41 Å². The first-order valence-electron chi connectivity index (χ1n) is 7.40. The lowest BCUT2D eigenvalue weighted by Crippen LogP contribution is -2.53. The van der Waals surface area contributed by atoms with Gasteiger partial charge in [0.05, 0.1) is 10.8 Å². The fourth-order valence-corrected chi connectivity index (χ4v) is 3.42. The summed E-state index contributed by atoms with van der Waals surface area (Å²) in [5.74, 6) is -0.413. The number of aromatic nitrogens is 1. The molecule has 0 unspecified atom stereocenters. The van der Waals surface area contributed by atoms with E-state index in [0.717, 1.165) is 10.7 Å². The van der Waals surface area contributed by atoms with Gasteiger partial charge in [0.1, 0.15) is 8.07 Å². The molecule has 0 amide bonds. The Balaban J connectivity index is 2.72. The summed E-state index contributed by atoms with van der Waals surface area (Å²) >= 11 is 0. The monoisotopic (exact) mass is 317 g/mol. The summed E-state index contributed by atoms with van der Waals surface area (Å²) in [6.07, 6.45) is 0. The predicted molar refractivity (Wildman–Crippen MR) is 92.2 cm³/mol. The highest BCUT2D eigenvalue weighted by atomic mass is 28.3. The molecule has 5 heteroatoms. The van der Waals surface area contributed by atoms with Crippen molar-refractivity contribution < 1.29 is 9.63 Å². The first-order chi connectivity index (χ1) is 10.0. The molecule has 1 aromatic heterocycles. The summed E-state index contributed by atoms with van der Waals surface area (Å²) in [6, 6.07) is 9.36. The Morgan fingerprint density at radius 2 is 1.73 bits per heavy atom. The SMILES string of the molecule is CC(C)(C)C(=O)On1c([Si](C)(C)C)cc2ccccc2c1=O. The highest BCUT2D eigenvalue weighted by Gasteiger charge is 2.29. The summed E-state index contributed by atoms with van der Waals surface area (Å²) in [5.41, 5.74) is -0.935. The summed E-state index contributed by atoms with van der Waals surface area (Å²) < 4.78 is 1.21. The van der Waals surface area contributed by atoms with Gasteiger partial charge in [-0.15, -0.1) is 4.73 Å². The van der Waals surface area contributed by atoms with E-state index in [4.69, 9.17) is 4.84 Å². The van der Waals surface area contributed by atoms with E-state index in [-0.39, 0.29) is 5.56 Å². The quantitative estimate of drug-likeness (QED) is 0.800. The van der Waals surface area contributed by atoms with Crippen LogP contribution >= 0.6 is 0 Å². The molecule has 0 atom stereocenters. The molecule has 1 heterocycles. The standard InChI is InChI=1S/C17H23NO3Si/c1-17(2,3)16(20)21-18-14(22(4,5)6)11-12-9-7-8-10-13(12)15(18)19/h7-11H,1-6H3. The molecule has 0 aliphatic carbocycles. The fraction of sp³-hybridized carbons (Fsp3) is 0.412. The van der Waals surface area contributed by atoms with Crippen LogP contribution in [0.5, 0.6) is 0 Å². The third-order valence-corrected chi connectivity index (χ3v) is 5.33. The second kappa shape index (κ2) is 5.39. The summed E-state index contributed by atoms with van der Waals surface area (Å²) in [4.78, 5) is 30.5. The van der Waals surface area contributed by atoms with Crippen molar-refractivity contribution in [3.63, 3.8) is 0 Å². The topological polar surface area (TPSA) is 48.3 Å². The maximum Gasteiger partial charge on any atom is 0.338 e. The normalized spacial score (nSPS) is 12.5. The van der Waals surface area contributed by atoms with E-state index in [1.807, 2.05) is 24.3 Å². The second-order valence-corrected chi connectivity index (χ2v) is 12.6. The van der Waals surface area contributed by atoms with Gasteiger partial charge in [0.15, 0.2) is 0 Å². The number of rotatable bonds is 2. The minimum absolute atomic E-state index is 0.270. The molecule has 0 saturated heterocycles. The molecule has 0 bridgehead atoms. The van der Waals surface area contributed by atoms with Crippen LogP contribution in [0.2, 0.25) is 19.6 Å². The van der Waals surface area contributed by atoms with E-state index in [2.05, 4.69) is 19.6 Å². The summed E-state index contributed by atoms with van der Waals surface area (Å²) in [5, 5.41) is 2.26. The molecule has 0 saturated carbocycles. The molecular weight excluding hydrogens is 294 g/mol. The van der Waals surface area contributed by atoms with Crippen LogP contribution in [0.15, 0.2) is 35.1 Å². The van der Waals surface area contributed by atoms with Gasteiger partial charge in [-0.25, -0.2) is 4.79 Å². The largest absolute Gasteiger partial charge is 0.338 e. The molecule has 0 fully saturated rings. The fourth-order valence-electron chi connectivity index (χ4n) is 2.07. The average molecular weight is 317 g/mol. The minimum Gasteiger partial charge on any atom is -0.333 e. The van der Waals surface area contributed by atoms with E-state index in [0.29, 0.717) is 5.39 Å². The minimum atomic E-state index is -1.87. The number of benzene rings is 1. The van der Waals surface area contributed by atoms with Crippen molar-refractivity contribution in [3.8, 4) is 0 Å². The van der Waals surface area contributed by atoms with Crippen molar-refractivity contribution in [2.45, 2.75) is 40.4 Å². The Kier molecular flexibility index (Phi) is 4.04. The van der Waals surface area contributed by atoms with Crippen LogP contribution < -0.4 is 15.7 Å². The van der Waals surface area contributed by atoms with Crippen molar-refractivity contribution in [2.75, 3.05) is 0 Å². The molecule has 0 spiro atoms. The highest BCUT2D eigenvalue weighted by molar-refractivity contribution is 6.88. The second-order valence-electron chi connectivity index (χ2n) is 7.60. The molecule has 2 rings (SSSR count). The molecule has 22 heavy (non-hydrogen) atoms. The number of carbonyl (C=O) groups excluding carboxylic acids is 1. The zero-order valence-corrected chi connectivity index (χ0v) is 15.1. The Hall–Kier alpha value is -1.88. The van der Waals surface area contributed by atoms with E-state index in [9.17, 15) is 9.59 Å². The number of hydrogen-bond acceptors (Lipinski definition) is 3. The lowest BCUT2D eigenvalue weighted by Gasteiger charge is -2.24. The third kappa shape index (κ3) is 3.14. The van der Waals surface area contributed by atoms with E-state index >= 15 is 0 Å². The highest BCUT2D eigenvalue weighted by Crippen LogP contribution is 2.15. The molecule has 2 aromatic rings. The number of hydrogen-bond donors (Lipinski definition) is 0. The summed E-state index contributed by atoms with van der Waals surface area (Å²) in [7, 11) is -1.87. The zero-order chi connectivity index (χ0) is 16.7. The van der Waals surface area contributed by atoms with Gasteiger partial charge in [-0.1, -0.05) is 37.8 Å². The smallest absolute Gasteiger partial charge is 0.333 e. The Bertz CT molecular complexity index is 779. The first-order valence-corrected chi connectivity index (χ1v) is 10.9. The van der Waals surface area contributed by atoms with Crippen molar-refractivity contribution in [3.05, 3.63) is 40.7 Å². The van der Waals surface area contributed by atoms with Gasteiger partial charge in [0.25, 0.3) is 5.56 Å². The molecule has 1 aromatic carbocycles. The van der Waals surface area contributed by atoms with Crippen molar-refractivity contribution in [1.82, 2.24) is 4.73 Å². The van der Waals surface area contributed by atoms with Gasteiger partial charge in [0, 0.05) is 5.32 Å².